The van der Waals surface area contributed by atoms with Crippen molar-refractivity contribution in [2.75, 3.05) is 5.32 Å². The van der Waals surface area contributed by atoms with E-state index in [1.807, 2.05) is 30.5 Å². The van der Waals surface area contributed by atoms with E-state index in [0.717, 1.165) is 22.4 Å². The summed E-state index contributed by atoms with van der Waals surface area (Å²) in [5.74, 6) is 0.537. The van der Waals surface area contributed by atoms with Gasteiger partial charge in [-0.1, -0.05) is 17.7 Å². The molecule has 0 bridgehead atoms. The van der Waals surface area contributed by atoms with Gasteiger partial charge in [0.05, 0.1) is 0 Å². The number of anilines is 1. The molecule has 3 aromatic rings. The zero-order valence-corrected chi connectivity index (χ0v) is 13.4. The molecule has 1 aliphatic rings. The zero-order chi connectivity index (χ0) is 16.5. The molecule has 0 radical (unpaired) electrons. The van der Waals surface area contributed by atoms with Crippen molar-refractivity contribution in [2.45, 2.75) is 6.61 Å². The summed E-state index contributed by atoms with van der Waals surface area (Å²) in [5, 5.41) is 3.40. The van der Waals surface area contributed by atoms with E-state index in [1.54, 1.807) is 30.5 Å². The van der Waals surface area contributed by atoms with Gasteiger partial charge in [0.25, 0.3) is 5.91 Å². The molecule has 0 fully saturated rings. The maximum atomic E-state index is 12.3. The topological polar surface area (TPSA) is 51.2 Å². The first kappa shape index (κ1) is 14.7. The fourth-order valence-corrected chi connectivity index (χ4v) is 2.93. The van der Waals surface area contributed by atoms with E-state index in [9.17, 15) is 4.79 Å². The van der Waals surface area contributed by atoms with E-state index < -0.39 is 0 Å². The van der Waals surface area contributed by atoms with Gasteiger partial charge >= 0.3 is 0 Å². The number of nitrogens with zero attached hydrogens (tertiary/aromatic N) is 1. The van der Waals surface area contributed by atoms with E-state index in [2.05, 4.69) is 10.3 Å². The fourth-order valence-electron chi connectivity index (χ4n) is 2.74. The average Bonchev–Trinajstić information content (AvgIpc) is 2.61. The summed E-state index contributed by atoms with van der Waals surface area (Å²) in [7, 11) is 0. The second-order valence-electron chi connectivity index (χ2n) is 5.50. The van der Waals surface area contributed by atoms with Crippen LogP contribution in [0.2, 0.25) is 5.02 Å². The van der Waals surface area contributed by atoms with Gasteiger partial charge in [0.15, 0.2) is 0 Å². The van der Waals surface area contributed by atoms with Crippen LogP contribution in [0.5, 0.6) is 5.75 Å². The fraction of sp³-hybridized carbons (Fsp3) is 0.0526. The predicted molar refractivity (Wildman–Crippen MR) is 93.4 cm³/mol. The van der Waals surface area contributed by atoms with E-state index in [4.69, 9.17) is 16.3 Å². The molecular formula is C19H13ClN2O2. The number of pyridine rings is 1. The van der Waals surface area contributed by atoms with Crippen LogP contribution < -0.4 is 10.1 Å². The summed E-state index contributed by atoms with van der Waals surface area (Å²) in [6.45, 7) is 0.474. The minimum Gasteiger partial charge on any atom is -0.488 e. The molecule has 24 heavy (non-hydrogen) atoms. The number of halogens is 1. The Morgan fingerprint density at radius 2 is 2.04 bits per heavy atom. The average molecular weight is 337 g/mol. The molecule has 0 saturated carbocycles. The molecule has 0 unspecified atom stereocenters. The number of carbonyl (C=O) groups excluding carboxylic acids is 1. The molecule has 1 N–H and O–H groups in total. The first-order valence-corrected chi connectivity index (χ1v) is 7.85. The molecule has 0 saturated heterocycles. The number of carbonyl (C=O) groups is 1. The van der Waals surface area contributed by atoms with Crippen molar-refractivity contribution in [3.8, 4) is 16.9 Å². The van der Waals surface area contributed by atoms with Crippen molar-refractivity contribution in [1.82, 2.24) is 4.98 Å². The van der Waals surface area contributed by atoms with Crippen molar-refractivity contribution in [3.05, 3.63) is 77.1 Å². The Morgan fingerprint density at radius 1 is 1.12 bits per heavy atom. The van der Waals surface area contributed by atoms with Gasteiger partial charge in [-0.15, -0.1) is 0 Å². The zero-order valence-electron chi connectivity index (χ0n) is 12.6. The third kappa shape index (κ3) is 2.72. The maximum absolute atomic E-state index is 12.3. The number of amides is 1. The predicted octanol–water partition coefficient (Wildman–Crippen LogP) is 4.55. The standard InChI is InChI=1S/C19H13ClN2O2/c20-14-3-1-2-12(8-14)19(23)22-15-4-5-17-16-6-7-21-10-13(16)11-24-18(17)9-15/h1-10H,11H2,(H,22,23). The molecule has 4 rings (SSSR count). The summed E-state index contributed by atoms with van der Waals surface area (Å²) in [6.07, 6.45) is 3.58. The monoisotopic (exact) mass is 336 g/mol. The third-order valence-electron chi connectivity index (χ3n) is 3.90. The molecule has 5 heteroatoms. The minimum absolute atomic E-state index is 0.210. The number of hydrogen-bond acceptors (Lipinski definition) is 3. The van der Waals surface area contributed by atoms with E-state index >= 15 is 0 Å². The maximum Gasteiger partial charge on any atom is 0.255 e. The van der Waals surface area contributed by atoms with Gasteiger partial charge in [-0.2, -0.15) is 0 Å². The largest absolute Gasteiger partial charge is 0.488 e. The number of nitrogens with one attached hydrogen (secondary N) is 1. The van der Waals surface area contributed by atoms with Gasteiger partial charge in [-0.3, -0.25) is 9.78 Å². The summed E-state index contributed by atoms with van der Waals surface area (Å²) < 4.78 is 5.78. The Hall–Kier alpha value is -2.85. The van der Waals surface area contributed by atoms with Gasteiger partial charge < -0.3 is 10.1 Å². The molecule has 0 spiro atoms. The Balaban J connectivity index is 1.62. The lowest BCUT2D eigenvalue weighted by molar-refractivity contribution is 0.102. The normalized spacial score (nSPS) is 11.9. The van der Waals surface area contributed by atoms with Crippen LogP contribution in [0.1, 0.15) is 15.9 Å². The van der Waals surface area contributed by atoms with Crippen LogP contribution in [0, 0.1) is 0 Å². The highest BCUT2D eigenvalue weighted by atomic mass is 35.5. The molecule has 0 aliphatic carbocycles. The number of fused-ring (bicyclic) bond motifs is 3. The Morgan fingerprint density at radius 3 is 2.92 bits per heavy atom. The van der Waals surface area contributed by atoms with Crippen LogP contribution in [0.25, 0.3) is 11.1 Å². The third-order valence-corrected chi connectivity index (χ3v) is 4.14. The molecule has 1 amide bonds. The SMILES string of the molecule is O=C(Nc1ccc2c(c1)OCc1cnccc1-2)c1cccc(Cl)c1. The van der Waals surface area contributed by atoms with Gasteiger partial charge in [0.1, 0.15) is 12.4 Å². The van der Waals surface area contributed by atoms with Crippen molar-refractivity contribution in [3.63, 3.8) is 0 Å². The Kier molecular flexibility index (Phi) is 3.67. The number of aromatic nitrogens is 1. The van der Waals surface area contributed by atoms with Crippen molar-refractivity contribution < 1.29 is 9.53 Å². The lowest BCUT2D eigenvalue weighted by Gasteiger charge is -2.21. The van der Waals surface area contributed by atoms with Crippen LogP contribution in [-0.4, -0.2) is 10.9 Å². The van der Waals surface area contributed by atoms with Gasteiger partial charge in [0.2, 0.25) is 0 Å². The number of hydrogen-bond donors (Lipinski definition) is 1. The summed E-state index contributed by atoms with van der Waals surface area (Å²) in [6, 6.07) is 14.5. The molecule has 1 aliphatic heterocycles. The lowest BCUT2D eigenvalue weighted by Crippen LogP contribution is -2.12. The van der Waals surface area contributed by atoms with Gasteiger partial charge in [0, 0.05) is 45.9 Å². The molecule has 118 valence electrons. The Labute approximate surface area is 144 Å². The van der Waals surface area contributed by atoms with Crippen LogP contribution in [-0.2, 0) is 6.61 Å². The first-order valence-electron chi connectivity index (χ1n) is 7.48. The highest BCUT2D eigenvalue weighted by molar-refractivity contribution is 6.31. The summed E-state index contributed by atoms with van der Waals surface area (Å²) in [4.78, 5) is 16.4. The second kappa shape index (κ2) is 5.98. The number of rotatable bonds is 2. The number of benzene rings is 2. The van der Waals surface area contributed by atoms with Crippen molar-refractivity contribution >= 4 is 23.2 Å². The highest BCUT2D eigenvalue weighted by Crippen LogP contribution is 2.38. The van der Waals surface area contributed by atoms with Crippen LogP contribution in [0.4, 0.5) is 5.69 Å². The van der Waals surface area contributed by atoms with E-state index in [1.165, 1.54) is 0 Å². The smallest absolute Gasteiger partial charge is 0.255 e. The van der Waals surface area contributed by atoms with Gasteiger partial charge in [-0.05, 0) is 42.0 Å². The molecule has 4 nitrogen and oxygen atoms in total. The van der Waals surface area contributed by atoms with Crippen LogP contribution >= 0.6 is 11.6 Å². The molecule has 2 aromatic carbocycles. The summed E-state index contributed by atoms with van der Waals surface area (Å²) >= 11 is 5.93. The Bertz CT molecular complexity index is 940. The van der Waals surface area contributed by atoms with Gasteiger partial charge in [-0.25, -0.2) is 0 Å². The lowest BCUT2D eigenvalue weighted by atomic mass is 9.98. The number of ether oxygens (including phenoxy) is 1. The van der Waals surface area contributed by atoms with Crippen molar-refractivity contribution in [1.29, 1.82) is 0 Å². The van der Waals surface area contributed by atoms with E-state index in [0.29, 0.717) is 22.9 Å². The molecule has 0 atom stereocenters. The summed E-state index contributed by atoms with van der Waals surface area (Å²) in [5.41, 5.74) is 4.35. The molecule has 2 heterocycles. The highest BCUT2D eigenvalue weighted by Gasteiger charge is 2.18. The minimum atomic E-state index is -0.210. The van der Waals surface area contributed by atoms with E-state index in [-0.39, 0.29) is 5.91 Å². The molecular weight excluding hydrogens is 324 g/mol. The quantitative estimate of drug-likeness (QED) is 0.747. The van der Waals surface area contributed by atoms with Crippen LogP contribution in [0.3, 0.4) is 0 Å². The second-order valence-corrected chi connectivity index (χ2v) is 5.93. The van der Waals surface area contributed by atoms with Crippen LogP contribution in [0.15, 0.2) is 60.9 Å². The first-order chi connectivity index (χ1) is 11.7. The van der Waals surface area contributed by atoms with Crippen molar-refractivity contribution in [2.24, 2.45) is 0 Å². The molecule has 1 aromatic heterocycles.